The first-order chi connectivity index (χ1) is 11.6. The minimum atomic E-state index is -4.40. The summed E-state index contributed by atoms with van der Waals surface area (Å²) in [5.74, 6) is 0.604. The third-order valence-electron chi connectivity index (χ3n) is 4.31. The lowest BCUT2D eigenvalue weighted by molar-refractivity contribution is -0.137. The molecule has 7 heteroatoms. The lowest BCUT2D eigenvalue weighted by Gasteiger charge is -2.10. The molecule has 0 unspecified atom stereocenters. The molecule has 0 fully saturated rings. The Bertz CT molecular complexity index is 975. The number of hydrogen-bond acceptors (Lipinski definition) is 1. The van der Waals surface area contributed by atoms with Crippen LogP contribution in [0.15, 0.2) is 24.3 Å². The number of aromatic nitrogens is 2. The summed E-state index contributed by atoms with van der Waals surface area (Å²) < 4.78 is 40.9. The Morgan fingerprint density at radius 3 is 2.40 bits per heavy atom. The second kappa shape index (κ2) is 6.22. The zero-order valence-corrected chi connectivity index (χ0v) is 15.3. The third kappa shape index (κ3) is 3.23. The van der Waals surface area contributed by atoms with Crippen LogP contribution < -0.4 is 0 Å². The lowest BCUT2D eigenvalue weighted by Crippen LogP contribution is -2.06. The van der Waals surface area contributed by atoms with Gasteiger partial charge in [-0.25, -0.2) is 4.98 Å². The van der Waals surface area contributed by atoms with E-state index in [2.05, 4.69) is 4.98 Å². The first kappa shape index (κ1) is 18.1. The van der Waals surface area contributed by atoms with E-state index in [1.807, 2.05) is 13.0 Å². The Balaban J connectivity index is 2.15. The maximum atomic E-state index is 13.1. The first-order valence-electron chi connectivity index (χ1n) is 7.56. The van der Waals surface area contributed by atoms with Gasteiger partial charge in [0, 0.05) is 23.5 Å². The van der Waals surface area contributed by atoms with Crippen molar-refractivity contribution in [2.24, 2.45) is 7.05 Å². The highest BCUT2D eigenvalue weighted by Gasteiger charge is 2.31. The largest absolute Gasteiger partial charge is 0.416 e. The summed E-state index contributed by atoms with van der Waals surface area (Å²) in [5, 5.41) is 1.06. The minimum absolute atomic E-state index is 0.339. The Morgan fingerprint density at radius 2 is 1.76 bits per heavy atom. The van der Waals surface area contributed by atoms with Crippen molar-refractivity contribution in [3.63, 3.8) is 0 Å². The molecule has 3 aromatic rings. The van der Waals surface area contributed by atoms with Gasteiger partial charge in [-0.1, -0.05) is 29.3 Å². The number of benzene rings is 2. The maximum Gasteiger partial charge on any atom is 0.416 e. The monoisotopic (exact) mass is 386 g/mol. The normalized spacial score (nSPS) is 12.2. The van der Waals surface area contributed by atoms with Crippen LogP contribution in [-0.4, -0.2) is 9.55 Å². The minimum Gasteiger partial charge on any atom is -0.331 e. The topological polar surface area (TPSA) is 17.8 Å². The van der Waals surface area contributed by atoms with Crippen molar-refractivity contribution in [2.75, 3.05) is 0 Å². The van der Waals surface area contributed by atoms with Crippen LogP contribution in [0.25, 0.3) is 11.0 Å². The van der Waals surface area contributed by atoms with Crippen molar-refractivity contribution >= 4 is 34.2 Å². The van der Waals surface area contributed by atoms with Gasteiger partial charge in [0.2, 0.25) is 0 Å². The van der Waals surface area contributed by atoms with Gasteiger partial charge in [-0.3, -0.25) is 0 Å². The fraction of sp³-hybridized carbons (Fsp3) is 0.278. The molecule has 0 atom stereocenters. The molecule has 0 aliphatic rings. The summed E-state index contributed by atoms with van der Waals surface area (Å²) in [6, 6.07) is 5.82. The molecular formula is C18H15Cl2F3N2. The summed E-state index contributed by atoms with van der Waals surface area (Å²) in [7, 11) is 1.70. The van der Waals surface area contributed by atoms with E-state index in [1.54, 1.807) is 24.6 Å². The SMILES string of the molecule is Cc1ccc(Cl)c(Cc2nc3c(C)cc(C(F)(F)F)cc3n2C)c1Cl. The zero-order valence-electron chi connectivity index (χ0n) is 13.8. The van der Waals surface area contributed by atoms with Crippen molar-refractivity contribution in [1.82, 2.24) is 9.55 Å². The van der Waals surface area contributed by atoms with E-state index in [0.29, 0.717) is 38.9 Å². The number of hydrogen-bond donors (Lipinski definition) is 0. The van der Waals surface area contributed by atoms with Crippen molar-refractivity contribution in [3.05, 3.63) is 62.4 Å². The van der Waals surface area contributed by atoms with Gasteiger partial charge in [-0.2, -0.15) is 13.2 Å². The van der Waals surface area contributed by atoms with Crippen LogP contribution in [0.1, 0.15) is 28.1 Å². The molecule has 2 nitrogen and oxygen atoms in total. The van der Waals surface area contributed by atoms with Crippen molar-refractivity contribution in [1.29, 1.82) is 0 Å². The van der Waals surface area contributed by atoms with Crippen LogP contribution in [-0.2, 0) is 19.6 Å². The summed E-state index contributed by atoms with van der Waals surface area (Å²) in [4.78, 5) is 4.52. The number of imidazole rings is 1. The van der Waals surface area contributed by atoms with E-state index in [-0.39, 0.29) is 0 Å². The fourth-order valence-electron chi connectivity index (χ4n) is 2.86. The molecule has 0 saturated heterocycles. The first-order valence-corrected chi connectivity index (χ1v) is 8.31. The zero-order chi connectivity index (χ0) is 18.5. The molecule has 25 heavy (non-hydrogen) atoms. The van der Waals surface area contributed by atoms with Crippen molar-refractivity contribution in [2.45, 2.75) is 26.4 Å². The van der Waals surface area contributed by atoms with Crippen molar-refractivity contribution in [3.8, 4) is 0 Å². The Morgan fingerprint density at radius 1 is 1.08 bits per heavy atom. The maximum absolute atomic E-state index is 13.1. The standard InChI is InChI=1S/C18H15Cl2F3N2/c1-9-4-5-13(19)12(16(9)20)8-15-24-17-10(2)6-11(18(21,22)23)7-14(17)25(15)3/h4-7H,8H2,1-3H3. The average molecular weight is 387 g/mol. The van der Waals surface area contributed by atoms with Crippen LogP contribution in [0.3, 0.4) is 0 Å². The molecule has 132 valence electrons. The van der Waals surface area contributed by atoms with Crippen LogP contribution in [0.5, 0.6) is 0 Å². The van der Waals surface area contributed by atoms with E-state index in [0.717, 1.165) is 23.3 Å². The summed E-state index contributed by atoms with van der Waals surface area (Å²) in [5.41, 5.74) is 2.38. The number of rotatable bonds is 2. The van der Waals surface area contributed by atoms with E-state index >= 15 is 0 Å². The molecule has 2 aromatic carbocycles. The highest BCUT2D eigenvalue weighted by atomic mass is 35.5. The second-order valence-corrected chi connectivity index (χ2v) is 6.86. The second-order valence-electron chi connectivity index (χ2n) is 6.08. The van der Waals surface area contributed by atoms with Gasteiger partial charge in [-0.05, 0) is 48.7 Å². The number of alkyl halides is 3. The summed E-state index contributed by atoms with van der Waals surface area (Å²) in [6.45, 7) is 3.50. The molecule has 1 aromatic heterocycles. The Labute approximate surface area is 153 Å². The lowest BCUT2D eigenvalue weighted by atomic mass is 10.1. The molecule has 0 N–H and O–H groups in total. The Hall–Kier alpha value is -1.72. The van der Waals surface area contributed by atoms with Crippen LogP contribution in [0.2, 0.25) is 10.0 Å². The highest BCUT2D eigenvalue weighted by Crippen LogP contribution is 2.34. The molecular weight excluding hydrogens is 372 g/mol. The van der Waals surface area contributed by atoms with Gasteiger partial charge < -0.3 is 4.57 Å². The van der Waals surface area contributed by atoms with E-state index in [4.69, 9.17) is 23.2 Å². The van der Waals surface area contributed by atoms with Crippen LogP contribution in [0, 0.1) is 13.8 Å². The number of fused-ring (bicyclic) bond motifs is 1. The van der Waals surface area contributed by atoms with E-state index in [9.17, 15) is 13.2 Å². The molecule has 0 radical (unpaired) electrons. The molecule has 0 amide bonds. The molecule has 3 rings (SSSR count). The molecule has 1 heterocycles. The molecule has 0 aliphatic heterocycles. The summed E-state index contributed by atoms with van der Waals surface area (Å²) in [6.07, 6.45) is -4.06. The third-order valence-corrected chi connectivity index (χ3v) is 5.19. The predicted octanol–water partition coefficient (Wildman–Crippen LogP) is 6.11. The molecule has 0 saturated carbocycles. The van der Waals surface area contributed by atoms with Gasteiger partial charge in [0.25, 0.3) is 0 Å². The van der Waals surface area contributed by atoms with Gasteiger partial charge >= 0.3 is 6.18 Å². The quantitative estimate of drug-likeness (QED) is 0.519. The van der Waals surface area contributed by atoms with Crippen LogP contribution >= 0.6 is 23.2 Å². The predicted molar refractivity (Wildman–Crippen MR) is 94.5 cm³/mol. The molecule has 0 spiro atoms. The average Bonchev–Trinajstić information content (AvgIpc) is 2.84. The van der Waals surface area contributed by atoms with Gasteiger partial charge in [0.05, 0.1) is 16.6 Å². The van der Waals surface area contributed by atoms with Gasteiger partial charge in [0.1, 0.15) is 5.82 Å². The van der Waals surface area contributed by atoms with Gasteiger partial charge in [-0.15, -0.1) is 0 Å². The molecule has 0 aliphatic carbocycles. The number of nitrogens with zero attached hydrogens (tertiary/aromatic N) is 2. The van der Waals surface area contributed by atoms with Gasteiger partial charge in [0.15, 0.2) is 0 Å². The van der Waals surface area contributed by atoms with E-state index in [1.165, 1.54) is 0 Å². The van der Waals surface area contributed by atoms with Crippen LogP contribution in [0.4, 0.5) is 13.2 Å². The van der Waals surface area contributed by atoms with E-state index < -0.39 is 11.7 Å². The molecule has 0 bridgehead atoms. The van der Waals surface area contributed by atoms with Crippen molar-refractivity contribution < 1.29 is 13.2 Å². The summed E-state index contributed by atoms with van der Waals surface area (Å²) >= 11 is 12.6. The Kier molecular flexibility index (Phi) is 4.50. The highest BCUT2D eigenvalue weighted by molar-refractivity contribution is 6.36. The fourth-order valence-corrected chi connectivity index (χ4v) is 3.37. The smallest absolute Gasteiger partial charge is 0.331 e. The number of halogens is 5. The number of aryl methyl sites for hydroxylation is 3.